The van der Waals surface area contributed by atoms with E-state index in [9.17, 15) is 4.79 Å². The molecule has 0 fully saturated rings. The lowest BCUT2D eigenvalue weighted by Crippen LogP contribution is -2.38. The van der Waals surface area contributed by atoms with Crippen molar-refractivity contribution in [1.82, 2.24) is 19.2 Å². The first-order valence-electron chi connectivity index (χ1n) is 12.7. The van der Waals surface area contributed by atoms with Crippen molar-refractivity contribution in [2.45, 2.75) is 19.5 Å². The SMILES string of the molecule is COc1ccc(NC(=O)N2Cc3c(C)nn(-c4ccccc4)c3-n3cccc3[C@H]2c2cccc(OC)c2)cc1. The van der Waals surface area contributed by atoms with E-state index in [4.69, 9.17) is 14.6 Å². The number of anilines is 1. The highest BCUT2D eigenvalue weighted by Crippen LogP contribution is 2.39. The normalized spacial score (nSPS) is 14.2. The van der Waals surface area contributed by atoms with E-state index in [1.807, 2.05) is 108 Å². The van der Waals surface area contributed by atoms with Crippen LogP contribution in [0.25, 0.3) is 11.5 Å². The first-order valence-corrected chi connectivity index (χ1v) is 12.7. The van der Waals surface area contributed by atoms with Crippen molar-refractivity contribution in [2.24, 2.45) is 0 Å². The summed E-state index contributed by atoms with van der Waals surface area (Å²) >= 11 is 0. The van der Waals surface area contributed by atoms with Gasteiger partial charge in [-0.3, -0.25) is 0 Å². The maximum Gasteiger partial charge on any atom is 0.322 e. The monoisotopic (exact) mass is 519 g/mol. The van der Waals surface area contributed by atoms with Crippen LogP contribution >= 0.6 is 0 Å². The Morgan fingerprint density at radius 3 is 2.41 bits per heavy atom. The molecule has 0 bridgehead atoms. The van der Waals surface area contributed by atoms with Crippen LogP contribution in [-0.2, 0) is 6.54 Å². The number of rotatable bonds is 5. The van der Waals surface area contributed by atoms with Crippen LogP contribution in [0.2, 0.25) is 0 Å². The number of para-hydroxylation sites is 1. The highest BCUT2D eigenvalue weighted by atomic mass is 16.5. The number of carbonyl (C=O) groups excluding carboxylic acids is 1. The predicted octanol–water partition coefficient (Wildman–Crippen LogP) is 6.13. The third-order valence-electron chi connectivity index (χ3n) is 7.10. The van der Waals surface area contributed by atoms with E-state index in [2.05, 4.69) is 16.0 Å². The average Bonchev–Trinajstić information content (AvgIpc) is 3.54. The zero-order valence-electron chi connectivity index (χ0n) is 22.0. The molecule has 3 aromatic carbocycles. The maximum absolute atomic E-state index is 14.1. The van der Waals surface area contributed by atoms with Crippen LogP contribution in [0.4, 0.5) is 10.5 Å². The van der Waals surface area contributed by atoms with Gasteiger partial charge in [0.05, 0.1) is 43.9 Å². The van der Waals surface area contributed by atoms with Crippen molar-refractivity contribution in [3.05, 3.63) is 120 Å². The third kappa shape index (κ3) is 4.40. The molecule has 196 valence electrons. The predicted molar refractivity (Wildman–Crippen MR) is 150 cm³/mol. The largest absolute Gasteiger partial charge is 0.497 e. The van der Waals surface area contributed by atoms with E-state index in [1.165, 1.54) is 0 Å². The Kier molecular flexibility index (Phi) is 6.28. The fourth-order valence-corrected chi connectivity index (χ4v) is 5.18. The highest BCUT2D eigenvalue weighted by molar-refractivity contribution is 5.90. The Morgan fingerprint density at radius 1 is 0.897 bits per heavy atom. The van der Waals surface area contributed by atoms with Gasteiger partial charge in [0.25, 0.3) is 0 Å². The van der Waals surface area contributed by atoms with Crippen molar-refractivity contribution in [3.8, 4) is 23.0 Å². The molecular weight excluding hydrogens is 490 g/mol. The Hall–Kier alpha value is -4.98. The molecule has 5 aromatic rings. The molecule has 0 unspecified atom stereocenters. The fraction of sp³-hybridized carbons (Fsp3) is 0.161. The third-order valence-corrected chi connectivity index (χ3v) is 7.10. The van der Waals surface area contributed by atoms with E-state index < -0.39 is 0 Å². The number of nitrogens with zero attached hydrogens (tertiary/aromatic N) is 4. The number of amides is 2. The Morgan fingerprint density at radius 2 is 1.67 bits per heavy atom. The van der Waals surface area contributed by atoms with Gasteiger partial charge in [-0.15, -0.1) is 0 Å². The van der Waals surface area contributed by atoms with Crippen molar-refractivity contribution in [3.63, 3.8) is 0 Å². The summed E-state index contributed by atoms with van der Waals surface area (Å²) in [6.45, 7) is 2.35. The van der Waals surface area contributed by atoms with E-state index in [-0.39, 0.29) is 12.1 Å². The van der Waals surface area contributed by atoms with Gasteiger partial charge in [-0.05, 0) is 73.2 Å². The molecule has 0 spiro atoms. The summed E-state index contributed by atoms with van der Waals surface area (Å²) in [6.07, 6.45) is 2.03. The summed E-state index contributed by atoms with van der Waals surface area (Å²) < 4.78 is 14.9. The second kappa shape index (κ2) is 10.1. The molecule has 0 saturated heterocycles. The lowest BCUT2D eigenvalue weighted by Gasteiger charge is -2.31. The van der Waals surface area contributed by atoms with Crippen molar-refractivity contribution >= 4 is 11.7 Å². The number of nitrogens with one attached hydrogen (secondary N) is 1. The molecule has 0 aliphatic carbocycles. The molecule has 8 nitrogen and oxygen atoms in total. The van der Waals surface area contributed by atoms with Crippen molar-refractivity contribution < 1.29 is 14.3 Å². The molecule has 0 saturated carbocycles. The lowest BCUT2D eigenvalue weighted by molar-refractivity contribution is 0.194. The zero-order valence-corrected chi connectivity index (χ0v) is 22.0. The molecule has 6 rings (SSSR count). The lowest BCUT2D eigenvalue weighted by atomic mass is 10.0. The van der Waals surface area contributed by atoms with Gasteiger partial charge in [0.1, 0.15) is 17.3 Å². The van der Waals surface area contributed by atoms with Crippen LogP contribution in [0.3, 0.4) is 0 Å². The quantitative estimate of drug-likeness (QED) is 0.303. The molecule has 39 heavy (non-hydrogen) atoms. The summed E-state index contributed by atoms with van der Waals surface area (Å²) in [6, 6.07) is 28.7. The number of hydrogen-bond acceptors (Lipinski definition) is 4. The first-order chi connectivity index (χ1) is 19.1. The van der Waals surface area contributed by atoms with Crippen LogP contribution < -0.4 is 14.8 Å². The van der Waals surface area contributed by atoms with Crippen LogP contribution in [0.5, 0.6) is 11.5 Å². The van der Waals surface area contributed by atoms with Crippen molar-refractivity contribution in [1.29, 1.82) is 0 Å². The smallest absolute Gasteiger partial charge is 0.322 e. The van der Waals surface area contributed by atoms with E-state index in [0.717, 1.165) is 45.5 Å². The molecule has 1 aliphatic rings. The maximum atomic E-state index is 14.1. The summed E-state index contributed by atoms with van der Waals surface area (Å²) in [4.78, 5) is 15.9. The number of fused-ring (bicyclic) bond motifs is 3. The summed E-state index contributed by atoms with van der Waals surface area (Å²) in [5.41, 5.74) is 5.37. The van der Waals surface area contributed by atoms with E-state index in [1.54, 1.807) is 14.2 Å². The van der Waals surface area contributed by atoms with Gasteiger partial charge < -0.3 is 24.3 Å². The molecule has 1 aliphatic heterocycles. The van der Waals surface area contributed by atoms with E-state index in [0.29, 0.717) is 12.2 Å². The number of aromatic nitrogens is 3. The number of ether oxygens (including phenoxy) is 2. The summed E-state index contributed by atoms with van der Waals surface area (Å²) in [7, 11) is 3.27. The zero-order chi connectivity index (χ0) is 26.9. The first kappa shape index (κ1) is 24.4. The Balaban J connectivity index is 1.51. The molecule has 1 atom stereocenters. The van der Waals surface area contributed by atoms with Gasteiger partial charge in [-0.25, -0.2) is 9.48 Å². The van der Waals surface area contributed by atoms with Crippen LogP contribution in [-0.4, -0.2) is 39.5 Å². The second-order valence-electron chi connectivity index (χ2n) is 9.40. The fourth-order valence-electron chi connectivity index (χ4n) is 5.18. The van der Waals surface area contributed by atoms with Gasteiger partial charge >= 0.3 is 6.03 Å². The molecule has 8 heteroatoms. The highest BCUT2D eigenvalue weighted by Gasteiger charge is 2.36. The summed E-state index contributed by atoms with van der Waals surface area (Å²) in [5.74, 6) is 2.38. The molecule has 0 radical (unpaired) electrons. The van der Waals surface area contributed by atoms with Gasteiger partial charge in [-0.1, -0.05) is 30.3 Å². The minimum Gasteiger partial charge on any atom is -0.497 e. The standard InChI is InChI=1S/C31H29N5O3/c1-21-27-20-35(31(37)32-23-14-16-25(38-2)17-15-23)29(22-9-7-12-26(19-22)39-3)28-13-8-18-34(28)30(27)36(33-21)24-10-5-4-6-11-24/h4-19,29H,20H2,1-3H3,(H,32,37)/t29-/m1/s1. The van der Waals surface area contributed by atoms with Crippen LogP contribution in [0, 0.1) is 6.92 Å². The average molecular weight is 520 g/mol. The molecular formula is C31H29N5O3. The number of hydrogen-bond donors (Lipinski definition) is 1. The van der Waals surface area contributed by atoms with Gasteiger partial charge in [-0.2, -0.15) is 5.10 Å². The number of methoxy groups -OCH3 is 2. The Labute approximate surface area is 227 Å². The van der Waals surface area contributed by atoms with Crippen LogP contribution in [0.1, 0.15) is 28.6 Å². The number of aryl methyl sites for hydroxylation is 1. The molecule has 2 amide bonds. The molecule has 1 N–H and O–H groups in total. The topological polar surface area (TPSA) is 73.5 Å². The number of carbonyl (C=O) groups is 1. The molecule has 3 heterocycles. The minimum atomic E-state index is -0.385. The van der Waals surface area contributed by atoms with Gasteiger partial charge in [0.2, 0.25) is 0 Å². The molecule has 2 aromatic heterocycles. The van der Waals surface area contributed by atoms with Gasteiger partial charge in [0, 0.05) is 17.4 Å². The Bertz CT molecular complexity index is 1620. The second-order valence-corrected chi connectivity index (χ2v) is 9.40. The van der Waals surface area contributed by atoms with Gasteiger partial charge in [0.15, 0.2) is 0 Å². The van der Waals surface area contributed by atoms with Crippen LogP contribution in [0.15, 0.2) is 97.2 Å². The number of urea groups is 1. The van der Waals surface area contributed by atoms with E-state index >= 15 is 0 Å². The summed E-state index contributed by atoms with van der Waals surface area (Å²) in [5, 5.41) is 8.00. The van der Waals surface area contributed by atoms with Crippen molar-refractivity contribution in [2.75, 3.05) is 19.5 Å². The number of benzene rings is 3. The minimum absolute atomic E-state index is 0.222.